The third kappa shape index (κ3) is 5.75. The van der Waals surface area contributed by atoms with Crippen LogP contribution in [0.2, 0.25) is 0 Å². The number of carbonyl (C=O) groups is 1. The van der Waals surface area contributed by atoms with E-state index in [1.807, 2.05) is 6.92 Å². The highest BCUT2D eigenvalue weighted by Gasteiger charge is 2.28. The molecule has 0 radical (unpaired) electrons. The van der Waals surface area contributed by atoms with Gasteiger partial charge in [-0.3, -0.25) is 9.10 Å². The molecule has 9 heteroatoms. The number of benzene rings is 3. The van der Waals surface area contributed by atoms with Crippen molar-refractivity contribution in [3.8, 4) is 17.2 Å². The SMILES string of the molecule is CCOc1ccc(NC(=O)CN(c2ccccc2)S(=O)(=O)c2ccc(OC)c(OC)c2)cc1. The molecular weight excluding hydrogens is 444 g/mol. The van der Waals surface area contributed by atoms with Gasteiger partial charge in [-0.1, -0.05) is 18.2 Å². The van der Waals surface area contributed by atoms with Crippen LogP contribution in [0.5, 0.6) is 17.2 Å². The highest BCUT2D eigenvalue weighted by Crippen LogP contribution is 2.32. The molecule has 3 aromatic carbocycles. The van der Waals surface area contributed by atoms with E-state index < -0.39 is 22.5 Å². The second-order valence-corrected chi connectivity index (χ2v) is 8.73. The van der Waals surface area contributed by atoms with Gasteiger partial charge in [0, 0.05) is 11.8 Å². The zero-order valence-electron chi connectivity index (χ0n) is 18.6. The van der Waals surface area contributed by atoms with Gasteiger partial charge >= 0.3 is 0 Å². The monoisotopic (exact) mass is 470 g/mol. The molecule has 0 aliphatic carbocycles. The molecule has 174 valence electrons. The first-order valence-corrected chi connectivity index (χ1v) is 11.7. The smallest absolute Gasteiger partial charge is 0.264 e. The predicted octanol–water partition coefficient (Wildman–Crippen LogP) is 3.94. The number of rotatable bonds is 10. The summed E-state index contributed by atoms with van der Waals surface area (Å²) in [5.74, 6) is 0.853. The number of amides is 1. The maximum absolute atomic E-state index is 13.5. The topological polar surface area (TPSA) is 94.2 Å². The van der Waals surface area contributed by atoms with Crippen molar-refractivity contribution >= 4 is 27.3 Å². The Morgan fingerprint density at radius 2 is 1.58 bits per heavy atom. The molecule has 1 N–H and O–H groups in total. The third-order valence-corrected chi connectivity index (χ3v) is 6.49. The summed E-state index contributed by atoms with van der Waals surface area (Å²) in [6, 6.07) is 19.6. The Balaban J connectivity index is 1.89. The molecule has 0 unspecified atom stereocenters. The van der Waals surface area contributed by atoms with Crippen LogP contribution in [-0.2, 0) is 14.8 Å². The van der Waals surface area contributed by atoms with Crippen LogP contribution in [0.25, 0.3) is 0 Å². The van der Waals surface area contributed by atoms with Crippen molar-refractivity contribution < 1.29 is 27.4 Å². The van der Waals surface area contributed by atoms with Gasteiger partial charge in [-0.25, -0.2) is 8.42 Å². The van der Waals surface area contributed by atoms with E-state index in [9.17, 15) is 13.2 Å². The van der Waals surface area contributed by atoms with Crippen LogP contribution in [0.3, 0.4) is 0 Å². The quantitative estimate of drug-likeness (QED) is 0.482. The summed E-state index contributed by atoms with van der Waals surface area (Å²) in [6.45, 7) is 1.99. The molecule has 8 nitrogen and oxygen atoms in total. The Hall–Kier alpha value is -3.72. The van der Waals surface area contributed by atoms with E-state index in [1.165, 1.54) is 32.4 Å². The molecule has 0 saturated heterocycles. The Kier molecular flexibility index (Phi) is 7.78. The zero-order valence-corrected chi connectivity index (χ0v) is 19.5. The first kappa shape index (κ1) is 23.9. The Labute approximate surface area is 193 Å². The lowest BCUT2D eigenvalue weighted by atomic mass is 10.3. The minimum absolute atomic E-state index is 0.0297. The molecule has 33 heavy (non-hydrogen) atoms. The maximum Gasteiger partial charge on any atom is 0.264 e. The fourth-order valence-corrected chi connectivity index (χ4v) is 4.58. The van der Waals surface area contributed by atoms with Gasteiger partial charge in [-0.05, 0) is 55.5 Å². The normalized spacial score (nSPS) is 10.9. The molecular formula is C24H26N2O6S. The van der Waals surface area contributed by atoms with E-state index >= 15 is 0 Å². The van der Waals surface area contributed by atoms with Crippen molar-refractivity contribution in [2.24, 2.45) is 0 Å². The Bertz CT molecular complexity index is 1180. The summed E-state index contributed by atoms with van der Waals surface area (Å²) >= 11 is 0. The minimum atomic E-state index is -4.10. The van der Waals surface area contributed by atoms with E-state index in [2.05, 4.69) is 5.32 Å². The molecule has 1 amide bonds. The minimum Gasteiger partial charge on any atom is -0.494 e. The van der Waals surface area contributed by atoms with E-state index in [1.54, 1.807) is 54.6 Å². The molecule has 0 aliphatic rings. The van der Waals surface area contributed by atoms with E-state index in [0.29, 0.717) is 29.5 Å². The molecule has 0 heterocycles. The van der Waals surface area contributed by atoms with Crippen molar-refractivity contribution in [1.29, 1.82) is 0 Å². The number of hydrogen-bond donors (Lipinski definition) is 1. The highest BCUT2D eigenvalue weighted by molar-refractivity contribution is 7.92. The highest BCUT2D eigenvalue weighted by atomic mass is 32.2. The molecule has 3 aromatic rings. The van der Waals surface area contributed by atoms with Gasteiger partial charge in [-0.2, -0.15) is 0 Å². The van der Waals surface area contributed by atoms with Crippen LogP contribution in [0, 0.1) is 0 Å². The first-order chi connectivity index (χ1) is 15.9. The maximum atomic E-state index is 13.5. The van der Waals surface area contributed by atoms with Crippen LogP contribution >= 0.6 is 0 Å². The fourth-order valence-electron chi connectivity index (χ4n) is 3.15. The van der Waals surface area contributed by atoms with E-state index in [0.717, 1.165) is 4.31 Å². The number of sulfonamides is 1. The van der Waals surface area contributed by atoms with Crippen molar-refractivity contribution in [3.05, 3.63) is 72.8 Å². The van der Waals surface area contributed by atoms with Gasteiger partial charge < -0.3 is 19.5 Å². The summed E-state index contributed by atoms with van der Waals surface area (Å²) in [7, 11) is -1.21. The molecule has 0 spiro atoms. The largest absolute Gasteiger partial charge is 0.494 e. The summed E-state index contributed by atoms with van der Waals surface area (Å²) in [5.41, 5.74) is 0.883. The van der Waals surface area contributed by atoms with Gasteiger partial charge in [0.25, 0.3) is 10.0 Å². The summed E-state index contributed by atoms with van der Waals surface area (Å²) in [6.07, 6.45) is 0. The molecule has 0 aromatic heterocycles. The fraction of sp³-hybridized carbons (Fsp3) is 0.208. The van der Waals surface area contributed by atoms with Gasteiger partial charge in [0.15, 0.2) is 11.5 Å². The number of para-hydroxylation sites is 1. The van der Waals surface area contributed by atoms with E-state index in [-0.39, 0.29) is 10.6 Å². The van der Waals surface area contributed by atoms with Crippen molar-refractivity contribution in [2.75, 3.05) is 37.0 Å². The third-order valence-electron chi connectivity index (χ3n) is 4.72. The predicted molar refractivity (Wildman–Crippen MR) is 127 cm³/mol. The van der Waals surface area contributed by atoms with Gasteiger partial charge in [0.1, 0.15) is 12.3 Å². The molecule has 0 aliphatic heterocycles. The standard InChI is InChI=1S/C24H26N2O6S/c1-4-32-20-12-10-18(11-13-20)25-24(27)17-26(19-8-6-5-7-9-19)33(28,29)21-14-15-22(30-2)23(16-21)31-3/h5-16H,4,17H2,1-3H3,(H,25,27). The number of hydrogen-bond acceptors (Lipinski definition) is 6. The van der Waals surface area contributed by atoms with Crippen molar-refractivity contribution in [1.82, 2.24) is 0 Å². The lowest BCUT2D eigenvalue weighted by molar-refractivity contribution is -0.114. The van der Waals surface area contributed by atoms with Crippen LogP contribution in [-0.4, -0.2) is 41.7 Å². The van der Waals surface area contributed by atoms with Crippen LogP contribution < -0.4 is 23.8 Å². The number of nitrogens with zero attached hydrogens (tertiary/aromatic N) is 1. The summed E-state index contributed by atoms with van der Waals surface area (Å²) in [4.78, 5) is 12.8. The molecule has 3 rings (SSSR count). The zero-order chi connectivity index (χ0) is 23.8. The lowest BCUT2D eigenvalue weighted by Gasteiger charge is -2.24. The molecule has 0 saturated carbocycles. The Morgan fingerprint density at radius 3 is 2.18 bits per heavy atom. The van der Waals surface area contributed by atoms with Crippen LogP contribution in [0.1, 0.15) is 6.92 Å². The average molecular weight is 471 g/mol. The second kappa shape index (κ2) is 10.7. The molecule has 0 atom stereocenters. The summed E-state index contributed by atoms with van der Waals surface area (Å²) in [5, 5.41) is 2.73. The van der Waals surface area contributed by atoms with E-state index in [4.69, 9.17) is 14.2 Å². The second-order valence-electron chi connectivity index (χ2n) is 6.87. The molecule has 0 bridgehead atoms. The first-order valence-electron chi connectivity index (χ1n) is 10.2. The lowest BCUT2D eigenvalue weighted by Crippen LogP contribution is -2.38. The van der Waals surface area contributed by atoms with Gasteiger partial charge in [-0.15, -0.1) is 0 Å². The van der Waals surface area contributed by atoms with Crippen LogP contribution in [0.4, 0.5) is 11.4 Å². The number of carbonyl (C=O) groups excluding carboxylic acids is 1. The van der Waals surface area contributed by atoms with Gasteiger partial charge in [0.2, 0.25) is 5.91 Å². The average Bonchev–Trinajstić information content (AvgIpc) is 2.84. The van der Waals surface area contributed by atoms with Crippen LogP contribution in [0.15, 0.2) is 77.7 Å². The molecule has 0 fully saturated rings. The summed E-state index contributed by atoms with van der Waals surface area (Å²) < 4.78 is 44.0. The number of ether oxygens (including phenoxy) is 3. The number of nitrogens with one attached hydrogen (secondary N) is 1. The number of anilines is 2. The van der Waals surface area contributed by atoms with Crippen molar-refractivity contribution in [2.45, 2.75) is 11.8 Å². The van der Waals surface area contributed by atoms with Gasteiger partial charge in [0.05, 0.1) is 31.4 Å². The Morgan fingerprint density at radius 1 is 0.909 bits per heavy atom. The van der Waals surface area contributed by atoms with Crippen molar-refractivity contribution in [3.63, 3.8) is 0 Å². The number of methoxy groups -OCH3 is 2.